The van der Waals surface area contributed by atoms with Gasteiger partial charge in [0.1, 0.15) is 5.52 Å². The number of nitrogens with one attached hydrogen (secondary N) is 2. The molecule has 4 rings (SSSR count). The van der Waals surface area contributed by atoms with Gasteiger partial charge in [0.05, 0.1) is 0 Å². The first-order valence-corrected chi connectivity index (χ1v) is 6.95. The lowest BCUT2D eigenvalue weighted by atomic mass is 10.1. The van der Waals surface area contributed by atoms with E-state index in [1.807, 2.05) is 42.6 Å². The van der Waals surface area contributed by atoms with E-state index in [1.54, 1.807) is 13.0 Å². The van der Waals surface area contributed by atoms with Gasteiger partial charge in [-0.3, -0.25) is 4.79 Å². The zero-order chi connectivity index (χ0) is 15.1. The van der Waals surface area contributed by atoms with Gasteiger partial charge in [0.15, 0.2) is 11.5 Å². The fraction of sp³-hybridized carbons (Fsp3) is 0.0588. The number of carbonyl (C=O) groups is 1. The number of nitrogens with zero attached hydrogens (tertiary/aromatic N) is 1. The Morgan fingerprint density at radius 3 is 3.05 bits per heavy atom. The van der Waals surface area contributed by atoms with Gasteiger partial charge in [-0.15, -0.1) is 0 Å². The van der Waals surface area contributed by atoms with Crippen molar-refractivity contribution in [2.45, 2.75) is 6.92 Å². The maximum absolute atomic E-state index is 12.5. The number of H-pyrrole nitrogens is 1. The number of carbonyl (C=O) groups excluding carboxylic acids is 1. The lowest BCUT2D eigenvalue weighted by Crippen LogP contribution is -2.12. The van der Waals surface area contributed by atoms with Gasteiger partial charge in [0.2, 0.25) is 0 Å². The predicted octanol–water partition coefficient (Wildman–Crippen LogP) is 3.87. The van der Waals surface area contributed by atoms with Gasteiger partial charge in [-0.2, -0.15) is 0 Å². The van der Waals surface area contributed by atoms with E-state index in [0.29, 0.717) is 22.7 Å². The molecule has 4 aromatic rings. The van der Waals surface area contributed by atoms with Crippen LogP contribution in [0.5, 0.6) is 0 Å². The van der Waals surface area contributed by atoms with E-state index in [1.165, 1.54) is 0 Å². The molecule has 0 atom stereocenters. The third-order valence-corrected chi connectivity index (χ3v) is 3.59. The summed E-state index contributed by atoms with van der Waals surface area (Å²) >= 11 is 0. The molecule has 5 nitrogen and oxygen atoms in total. The number of anilines is 1. The Labute approximate surface area is 126 Å². The number of benzene rings is 2. The number of aryl methyl sites for hydroxylation is 1. The Balaban J connectivity index is 1.69. The molecule has 1 amide bonds. The molecular weight excluding hydrogens is 278 g/mol. The minimum absolute atomic E-state index is 0.152. The molecule has 2 aromatic carbocycles. The molecule has 5 heteroatoms. The summed E-state index contributed by atoms with van der Waals surface area (Å²) in [4.78, 5) is 19.8. The molecule has 2 aromatic heterocycles. The number of rotatable bonds is 2. The monoisotopic (exact) mass is 291 g/mol. The summed E-state index contributed by atoms with van der Waals surface area (Å²) in [5, 5.41) is 3.80. The van der Waals surface area contributed by atoms with Gasteiger partial charge < -0.3 is 14.7 Å². The highest BCUT2D eigenvalue weighted by molar-refractivity contribution is 6.12. The largest absolute Gasteiger partial charge is 0.441 e. The van der Waals surface area contributed by atoms with Crippen molar-refractivity contribution in [3.63, 3.8) is 0 Å². The fourth-order valence-electron chi connectivity index (χ4n) is 2.60. The second-order valence-electron chi connectivity index (χ2n) is 5.11. The number of aromatic amines is 1. The number of hydrogen-bond donors (Lipinski definition) is 2. The van der Waals surface area contributed by atoms with Crippen molar-refractivity contribution in [1.82, 2.24) is 9.97 Å². The summed E-state index contributed by atoms with van der Waals surface area (Å²) in [7, 11) is 0. The summed E-state index contributed by atoms with van der Waals surface area (Å²) in [6, 6.07) is 12.9. The van der Waals surface area contributed by atoms with Crippen LogP contribution in [0.2, 0.25) is 0 Å². The summed E-state index contributed by atoms with van der Waals surface area (Å²) < 4.78 is 5.49. The van der Waals surface area contributed by atoms with Crippen LogP contribution in [-0.2, 0) is 0 Å². The van der Waals surface area contributed by atoms with E-state index >= 15 is 0 Å². The number of amides is 1. The Bertz CT molecular complexity index is 997. The number of fused-ring (bicyclic) bond motifs is 2. The first kappa shape index (κ1) is 12.6. The summed E-state index contributed by atoms with van der Waals surface area (Å²) in [5.74, 6) is 0.455. The molecule has 0 saturated carbocycles. The molecule has 108 valence electrons. The van der Waals surface area contributed by atoms with Crippen LogP contribution in [0.4, 0.5) is 5.69 Å². The van der Waals surface area contributed by atoms with Crippen molar-refractivity contribution in [1.29, 1.82) is 0 Å². The molecule has 0 bridgehead atoms. The molecule has 22 heavy (non-hydrogen) atoms. The normalized spacial score (nSPS) is 11.1. The van der Waals surface area contributed by atoms with Crippen molar-refractivity contribution < 1.29 is 9.21 Å². The zero-order valence-electron chi connectivity index (χ0n) is 11.9. The molecule has 0 fully saturated rings. The first-order chi connectivity index (χ1) is 10.7. The van der Waals surface area contributed by atoms with Crippen LogP contribution in [0, 0.1) is 6.92 Å². The Kier molecular flexibility index (Phi) is 2.72. The summed E-state index contributed by atoms with van der Waals surface area (Å²) in [6.45, 7) is 1.80. The highest BCUT2D eigenvalue weighted by Crippen LogP contribution is 2.22. The van der Waals surface area contributed by atoms with Crippen molar-refractivity contribution in [3.05, 3.63) is 60.1 Å². The highest BCUT2D eigenvalue weighted by atomic mass is 16.3. The van der Waals surface area contributed by atoms with Gasteiger partial charge in [0.25, 0.3) is 5.91 Å². The molecule has 0 saturated heterocycles. The van der Waals surface area contributed by atoms with E-state index < -0.39 is 0 Å². The minimum Gasteiger partial charge on any atom is -0.441 e. The molecule has 0 unspecified atom stereocenters. The van der Waals surface area contributed by atoms with Crippen LogP contribution >= 0.6 is 0 Å². The second kappa shape index (κ2) is 4.73. The maximum Gasteiger partial charge on any atom is 0.256 e. The van der Waals surface area contributed by atoms with Crippen molar-refractivity contribution in [2.75, 3.05) is 5.32 Å². The van der Waals surface area contributed by atoms with Crippen LogP contribution in [0.25, 0.3) is 22.0 Å². The van der Waals surface area contributed by atoms with Crippen molar-refractivity contribution in [2.24, 2.45) is 0 Å². The van der Waals surface area contributed by atoms with Gasteiger partial charge in [-0.1, -0.05) is 6.07 Å². The fourth-order valence-corrected chi connectivity index (χ4v) is 2.60. The molecule has 0 spiro atoms. The quantitative estimate of drug-likeness (QED) is 0.589. The molecular formula is C17H13N3O2. The van der Waals surface area contributed by atoms with E-state index in [-0.39, 0.29) is 5.91 Å². The van der Waals surface area contributed by atoms with Crippen LogP contribution in [0.1, 0.15) is 16.2 Å². The van der Waals surface area contributed by atoms with E-state index in [4.69, 9.17) is 4.42 Å². The van der Waals surface area contributed by atoms with Gasteiger partial charge in [-0.25, -0.2) is 4.98 Å². The zero-order valence-corrected chi connectivity index (χ0v) is 11.9. The lowest BCUT2D eigenvalue weighted by molar-refractivity contribution is 0.102. The predicted molar refractivity (Wildman–Crippen MR) is 85.0 cm³/mol. The van der Waals surface area contributed by atoms with Gasteiger partial charge >= 0.3 is 0 Å². The Hall–Kier alpha value is -3.08. The van der Waals surface area contributed by atoms with Crippen LogP contribution in [-0.4, -0.2) is 15.9 Å². The Morgan fingerprint density at radius 2 is 2.14 bits per heavy atom. The molecule has 0 aliphatic rings. The summed E-state index contributed by atoms with van der Waals surface area (Å²) in [6.07, 6.45) is 1.82. The standard InChI is InChI=1S/C17H13N3O2/c1-10-19-15-6-5-11(9-16(15)22-10)20-17(21)13-3-2-4-14-12(13)7-8-18-14/h2-9,18H,1H3,(H,20,21). The molecule has 0 radical (unpaired) electrons. The van der Waals surface area contributed by atoms with Gasteiger partial charge in [-0.05, 0) is 30.3 Å². The smallest absolute Gasteiger partial charge is 0.256 e. The third kappa shape index (κ3) is 2.03. The van der Waals surface area contributed by atoms with Crippen LogP contribution in [0.15, 0.2) is 53.1 Å². The minimum atomic E-state index is -0.152. The molecule has 0 aliphatic heterocycles. The van der Waals surface area contributed by atoms with Crippen molar-refractivity contribution in [3.8, 4) is 0 Å². The summed E-state index contributed by atoms with van der Waals surface area (Å²) in [5.41, 5.74) is 3.70. The second-order valence-corrected chi connectivity index (χ2v) is 5.11. The molecule has 2 N–H and O–H groups in total. The maximum atomic E-state index is 12.5. The van der Waals surface area contributed by atoms with Crippen LogP contribution in [0.3, 0.4) is 0 Å². The molecule has 2 heterocycles. The number of oxazole rings is 1. The number of hydrogen-bond acceptors (Lipinski definition) is 3. The SMILES string of the molecule is Cc1nc2ccc(NC(=O)c3cccc4[nH]ccc34)cc2o1. The van der Waals surface area contributed by atoms with Crippen LogP contribution < -0.4 is 5.32 Å². The van der Waals surface area contributed by atoms with E-state index in [9.17, 15) is 4.79 Å². The van der Waals surface area contributed by atoms with E-state index in [2.05, 4.69) is 15.3 Å². The van der Waals surface area contributed by atoms with Gasteiger partial charge in [0, 0.05) is 41.3 Å². The highest BCUT2D eigenvalue weighted by Gasteiger charge is 2.11. The number of aromatic nitrogens is 2. The van der Waals surface area contributed by atoms with Crippen molar-refractivity contribution >= 4 is 33.6 Å². The third-order valence-electron chi connectivity index (χ3n) is 3.59. The lowest BCUT2D eigenvalue weighted by Gasteiger charge is -2.06. The van der Waals surface area contributed by atoms with E-state index in [0.717, 1.165) is 16.4 Å². The first-order valence-electron chi connectivity index (χ1n) is 6.95. The topological polar surface area (TPSA) is 70.9 Å². The average Bonchev–Trinajstić information content (AvgIpc) is 3.11. The average molecular weight is 291 g/mol. The Morgan fingerprint density at radius 1 is 1.23 bits per heavy atom. The molecule has 0 aliphatic carbocycles.